The first-order valence-electron chi connectivity index (χ1n) is 9.28. The molecule has 1 aromatic carbocycles. The Morgan fingerprint density at radius 3 is 2.85 bits per heavy atom. The number of carbonyl (C=O) groups is 2. The lowest BCUT2D eigenvalue weighted by atomic mass is 10.1. The van der Waals surface area contributed by atoms with Crippen LogP contribution in [0.3, 0.4) is 0 Å². The van der Waals surface area contributed by atoms with Gasteiger partial charge >= 0.3 is 0 Å². The molecule has 1 saturated heterocycles. The number of fused-ring (bicyclic) bond motifs is 1. The number of aromatic nitrogens is 1. The SMILES string of the molecule is CN(C)C(=O)C1CCCN1C(=O)c1csc(-c2ccc3c(c2)CCN3C)n1. The molecule has 1 fully saturated rings. The van der Waals surface area contributed by atoms with E-state index in [2.05, 4.69) is 35.1 Å². The van der Waals surface area contributed by atoms with Crippen molar-refractivity contribution in [3.05, 3.63) is 34.8 Å². The number of likely N-dealkylation sites (N-methyl/N-ethyl adjacent to an activating group) is 2. The van der Waals surface area contributed by atoms with Crippen LogP contribution < -0.4 is 4.90 Å². The highest BCUT2D eigenvalue weighted by Crippen LogP contribution is 2.33. The van der Waals surface area contributed by atoms with Crippen LogP contribution in [0.1, 0.15) is 28.9 Å². The van der Waals surface area contributed by atoms with E-state index in [1.54, 1.807) is 23.9 Å². The van der Waals surface area contributed by atoms with E-state index < -0.39 is 0 Å². The fraction of sp³-hybridized carbons (Fsp3) is 0.450. The molecule has 7 heteroatoms. The van der Waals surface area contributed by atoms with Crippen molar-refractivity contribution in [2.75, 3.05) is 39.1 Å². The molecule has 0 radical (unpaired) electrons. The van der Waals surface area contributed by atoms with E-state index in [1.165, 1.54) is 22.6 Å². The Morgan fingerprint density at radius 2 is 2.07 bits per heavy atom. The third-order valence-corrected chi connectivity index (χ3v) is 6.31. The molecular weight excluding hydrogens is 360 g/mol. The largest absolute Gasteiger partial charge is 0.374 e. The third-order valence-electron chi connectivity index (χ3n) is 5.42. The van der Waals surface area contributed by atoms with Crippen molar-refractivity contribution >= 4 is 28.8 Å². The van der Waals surface area contributed by atoms with Gasteiger partial charge in [0, 0.05) is 50.9 Å². The summed E-state index contributed by atoms with van der Waals surface area (Å²) < 4.78 is 0. The number of hydrogen-bond donors (Lipinski definition) is 0. The Bertz CT molecular complexity index is 892. The van der Waals surface area contributed by atoms with Crippen molar-refractivity contribution in [1.29, 1.82) is 0 Å². The molecule has 2 aliphatic rings. The fourth-order valence-electron chi connectivity index (χ4n) is 3.92. The molecule has 4 rings (SSSR count). The van der Waals surface area contributed by atoms with E-state index in [9.17, 15) is 9.59 Å². The number of likely N-dealkylation sites (tertiary alicyclic amines) is 1. The van der Waals surface area contributed by atoms with E-state index >= 15 is 0 Å². The minimum atomic E-state index is -0.367. The van der Waals surface area contributed by atoms with Crippen molar-refractivity contribution in [3.8, 4) is 10.6 Å². The van der Waals surface area contributed by atoms with Crippen LogP contribution in [0.15, 0.2) is 23.6 Å². The molecule has 142 valence electrons. The Kier molecular flexibility index (Phi) is 4.63. The van der Waals surface area contributed by atoms with Crippen LogP contribution in [0.2, 0.25) is 0 Å². The highest BCUT2D eigenvalue weighted by atomic mass is 32.1. The standard InChI is InChI=1S/C20H24N4O2S/c1-22(2)20(26)17-5-4-9-24(17)19(25)15-12-27-18(21-15)14-6-7-16-13(11-14)8-10-23(16)3/h6-7,11-12,17H,4-5,8-10H2,1-3H3. The number of nitrogens with zero attached hydrogens (tertiary/aromatic N) is 4. The molecule has 2 aromatic rings. The summed E-state index contributed by atoms with van der Waals surface area (Å²) in [5.41, 5.74) is 4.09. The van der Waals surface area contributed by atoms with Gasteiger partial charge in [-0.2, -0.15) is 0 Å². The molecule has 0 bridgehead atoms. The zero-order valence-corrected chi connectivity index (χ0v) is 16.8. The summed E-state index contributed by atoms with van der Waals surface area (Å²) in [5, 5.41) is 2.66. The van der Waals surface area contributed by atoms with E-state index in [-0.39, 0.29) is 17.9 Å². The van der Waals surface area contributed by atoms with Crippen LogP contribution in [0, 0.1) is 0 Å². The van der Waals surface area contributed by atoms with Gasteiger partial charge in [0.05, 0.1) is 0 Å². The van der Waals surface area contributed by atoms with Gasteiger partial charge in [0.25, 0.3) is 5.91 Å². The van der Waals surface area contributed by atoms with Gasteiger partial charge in [-0.15, -0.1) is 11.3 Å². The van der Waals surface area contributed by atoms with E-state index in [0.717, 1.165) is 36.4 Å². The van der Waals surface area contributed by atoms with Gasteiger partial charge in [0.15, 0.2) is 0 Å². The molecule has 1 unspecified atom stereocenters. The number of anilines is 1. The van der Waals surface area contributed by atoms with Crippen LogP contribution in [0.4, 0.5) is 5.69 Å². The normalized spacial score (nSPS) is 18.7. The zero-order valence-electron chi connectivity index (χ0n) is 15.9. The summed E-state index contributed by atoms with van der Waals surface area (Å²) in [5.74, 6) is -0.157. The topological polar surface area (TPSA) is 56.8 Å². The van der Waals surface area contributed by atoms with Crippen LogP contribution in [0.25, 0.3) is 10.6 Å². The predicted octanol–water partition coefficient (Wildman–Crippen LogP) is 2.50. The quantitative estimate of drug-likeness (QED) is 0.816. The highest BCUT2D eigenvalue weighted by Gasteiger charge is 2.36. The number of rotatable bonds is 3. The lowest BCUT2D eigenvalue weighted by Gasteiger charge is -2.25. The maximum absolute atomic E-state index is 13.0. The molecular formula is C20H24N4O2S. The summed E-state index contributed by atoms with van der Waals surface area (Å²) in [6.07, 6.45) is 2.61. The van der Waals surface area contributed by atoms with Crippen LogP contribution in [-0.4, -0.2) is 66.9 Å². The monoisotopic (exact) mass is 384 g/mol. The Morgan fingerprint density at radius 1 is 1.26 bits per heavy atom. The number of carbonyl (C=O) groups excluding carboxylic acids is 2. The van der Waals surface area contributed by atoms with Crippen molar-refractivity contribution in [3.63, 3.8) is 0 Å². The smallest absolute Gasteiger partial charge is 0.274 e. The van der Waals surface area contributed by atoms with Crippen molar-refractivity contribution in [2.45, 2.75) is 25.3 Å². The van der Waals surface area contributed by atoms with Gasteiger partial charge < -0.3 is 14.7 Å². The lowest BCUT2D eigenvalue weighted by Crippen LogP contribution is -2.45. The van der Waals surface area contributed by atoms with Crippen molar-refractivity contribution in [2.24, 2.45) is 0 Å². The minimum absolute atomic E-state index is 0.0148. The summed E-state index contributed by atoms with van der Waals surface area (Å²) >= 11 is 1.48. The number of thiazole rings is 1. The van der Waals surface area contributed by atoms with Gasteiger partial charge in [0.1, 0.15) is 16.7 Å². The molecule has 1 aromatic heterocycles. The van der Waals surface area contributed by atoms with Crippen LogP contribution in [-0.2, 0) is 11.2 Å². The summed E-state index contributed by atoms with van der Waals surface area (Å²) in [7, 11) is 5.57. The second kappa shape index (κ2) is 6.96. The highest BCUT2D eigenvalue weighted by molar-refractivity contribution is 7.13. The van der Waals surface area contributed by atoms with Crippen LogP contribution >= 0.6 is 11.3 Å². The molecule has 2 aliphatic heterocycles. The van der Waals surface area contributed by atoms with Gasteiger partial charge in [-0.25, -0.2) is 4.98 Å². The Labute approximate surface area is 163 Å². The van der Waals surface area contributed by atoms with Gasteiger partial charge in [-0.1, -0.05) is 0 Å². The molecule has 2 amide bonds. The predicted molar refractivity (Wildman–Crippen MR) is 107 cm³/mol. The van der Waals surface area contributed by atoms with E-state index in [0.29, 0.717) is 12.2 Å². The van der Waals surface area contributed by atoms with Crippen molar-refractivity contribution < 1.29 is 9.59 Å². The molecule has 27 heavy (non-hydrogen) atoms. The summed E-state index contributed by atoms with van der Waals surface area (Å²) in [6.45, 7) is 1.65. The first-order chi connectivity index (χ1) is 13.0. The van der Waals surface area contributed by atoms with Crippen molar-refractivity contribution in [1.82, 2.24) is 14.8 Å². The first kappa shape index (κ1) is 18.0. The molecule has 0 N–H and O–H groups in total. The first-order valence-corrected chi connectivity index (χ1v) is 10.2. The molecule has 6 nitrogen and oxygen atoms in total. The number of hydrogen-bond acceptors (Lipinski definition) is 5. The lowest BCUT2D eigenvalue weighted by molar-refractivity contribution is -0.132. The van der Waals surface area contributed by atoms with E-state index in [1.807, 2.05) is 5.38 Å². The summed E-state index contributed by atoms with van der Waals surface area (Å²) in [6, 6.07) is 6.02. The average molecular weight is 385 g/mol. The second-order valence-corrected chi connectivity index (χ2v) is 8.30. The zero-order chi connectivity index (χ0) is 19.1. The summed E-state index contributed by atoms with van der Waals surface area (Å²) in [4.78, 5) is 35.4. The molecule has 1 atom stereocenters. The molecule has 3 heterocycles. The maximum Gasteiger partial charge on any atom is 0.274 e. The number of amides is 2. The molecule has 0 aliphatic carbocycles. The van der Waals surface area contributed by atoms with Gasteiger partial charge in [-0.3, -0.25) is 9.59 Å². The molecule has 0 saturated carbocycles. The fourth-order valence-corrected chi connectivity index (χ4v) is 4.71. The van der Waals surface area contributed by atoms with Gasteiger partial charge in [-0.05, 0) is 43.0 Å². The van der Waals surface area contributed by atoms with E-state index in [4.69, 9.17) is 0 Å². The van der Waals surface area contributed by atoms with Gasteiger partial charge in [0.2, 0.25) is 5.91 Å². The maximum atomic E-state index is 13.0. The Hall–Kier alpha value is -2.41. The van der Waals surface area contributed by atoms with Crippen LogP contribution in [0.5, 0.6) is 0 Å². The third kappa shape index (κ3) is 3.20. The average Bonchev–Trinajstić information content (AvgIpc) is 3.40. The number of benzene rings is 1. The Balaban J connectivity index is 1.56. The minimum Gasteiger partial charge on any atom is -0.374 e. The second-order valence-electron chi connectivity index (χ2n) is 7.44. The molecule has 0 spiro atoms.